The van der Waals surface area contributed by atoms with E-state index in [2.05, 4.69) is 82.7 Å². The molecule has 0 spiro atoms. The topological polar surface area (TPSA) is 78.8 Å². The minimum atomic E-state index is 0.406. The smallest absolute Gasteiger partial charge is 0.265 e. The first-order valence-corrected chi connectivity index (χ1v) is 10.7. The van der Waals surface area contributed by atoms with Crippen molar-refractivity contribution in [3.8, 4) is 0 Å². The zero-order chi connectivity index (χ0) is 21.1. The van der Waals surface area contributed by atoms with Crippen LogP contribution in [0.5, 0.6) is 0 Å². The van der Waals surface area contributed by atoms with Crippen LogP contribution in [0.15, 0.2) is 46.6 Å². The number of nitrogens with zero attached hydrogens (tertiary/aromatic N) is 4. The lowest BCUT2D eigenvalue weighted by Crippen LogP contribution is -2.18. The highest BCUT2D eigenvalue weighted by molar-refractivity contribution is 6.03. The van der Waals surface area contributed by atoms with E-state index in [0.717, 1.165) is 41.3 Å². The molecular formula is C24H30N6. The Morgan fingerprint density at radius 3 is 2.97 bits per heavy atom. The van der Waals surface area contributed by atoms with Gasteiger partial charge < -0.3 is 4.98 Å². The van der Waals surface area contributed by atoms with E-state index >= 15 is 0 Å². The van der Waals surface area contributed by atoms with Crippen molar-refractivity contribution in [2.45, 2.75) is 53.4 Å². The van der Waals surface area contributed by atoms with E-state index in [0.29, 0.717) is 17.8 Å². The van der Waals surface area contributed by atoms with Crippen LogP contribution in [-0.4, -0.2) is 26.4 Å². The summed E-state index contributed by atoms with van der Waals surface area (Å²) in [6.07, 6.45) is 11.2. The number of aromatic nitrogens is 4. The lowest BCUT2D eigenvalue weighted by molar-refractivity contribution is 0.431. The van der Waals surface area contributed by atoms with Crippen molar-refractivity contribution < 1.29 is 0 Å². The van der Waals surface area contributed by atoms with Gasteiger partial charge in [-0.15, -0.1) is 10.2 Å². The van der Waals surface area contributed by atoms with E-state index in [9.17, 15) is 0 Å². The summed E-state index contributed by atoms with van der Waals surface area (Å²) in [4.78, 5) is 7.84. The highest BCUT2D eigenvalue weighted by Gasteiger charge is 2.20. The first-order chi connectivity index (χ1) is 14.5. The minimum Gasteiger partial charge on any atom is -0.338 e. The average Bonchev–Trinajstić information content (AvgIpc) is 3.06. The monoisotopic (exact) mass is 402 g/mol. The van der Waals surface area contributed by atoms with Gasteiger partial charge in [0, 0.05) is 23.0 Å². The molecule has 0 unspecified atom stereocenters. The quantitative estimate of drug-likeness (QED) is 0.304. The van der Waals surface area contributed by atoms with Gasteiger partial charge in [-0.3, -0.25) is 0 Å². The van der Waals surface area contributed by atoms with Crippen LogP contribution < -0.4 is 5.43 Å². The van der Waals surface area contributed by atoms with Crippen molar-refractivity contribution in [1.29, 1.82) is 0 Å². The predicted molar refractivity (Wildman–Crippen MR) is 125 cm³/mol. The molecule has 6 heteroatoms. The molecule has 2 aromatic heterocycles. The fourth-order valence-corrected chi connectivity index (χ4v) is 4.06. The van der Waals surface area contributed by atoms with E-state index < -0.39 is 0 Å². The number of hydrazone groups is 1. The number of H-pyrrole nitrogens is 1. The molecule has 2 atom stereocenters. The van der Waals surface area contributed by atoms with Gasteiger partial charge in [0.1, 0.15) is 5.52 Å². The molecule has 0 bridgehead atoms. The molecule has 2 N–H and O–H groups in total. The maximum absolute atomic E-state index is 4.53. The van der Waals surface area contributed by atoms with Gasteiger partial charge in [-0.1, -0.05) is 41.9 Å². The Hall–Kier alpha value is -3.02. The molecule has 0 saturated heterocycles. The number of benzene rings is 1. The number of hydrogen-bond donors (Lipinski definition) is 2. The first-order valence-electron chi connectivity index (χ1n) is 10.7. The van der Waals surface area contributed by atoms with E-state index in [-0.39, 0.29) is 0 Å². The van der Waals surface area contributed by atoms with Crippen LogP contribution in [0, 0.1) is 18.8 Å². The van der Waals surface area contributed by atoms with Gasteiger partial charge in [0.15, 0.2) is 5.65 Å². The van der Waals surface area contributed by atoms with Crippen LogP contribution in [0.3, 0.4) is 0 Å². The van der Waals surface area contributed by atoms with Gasteiger partial charge >= 0.3 is 0 Å². The predicted octanol–water partition coefficient (Wildman–Crippen LogP) is 5.93. The Morgan fingerprint density at radius 2 is 2.17 bits per heavy atom. The molecule has 4 rings (SSSR count). The number of rotatable bonds is 6. The Morgan fingerprint density at radius 1 is 1.30 bits per heavy atom. The number of allylic oxidation sites excluding steroid dienone is 4. The normalized spacial score (nSPS) is 19.4. The summed E-state index contributed by atoms with van der Waals surface area (Å²) in [7, 11) is 0. The zero-order valence-electron chi connectivity index (χ0n) is 18.2. The molecule has 30 heavy (non-hydrogen) atoms. The molecule has 0 radical (unpaired) electrons. The van der Waals surface area contributed by atoms with Crippen LogP contribution in [0.25, 0.3) is 22.1 Å². The van der Waals surface area contributed by atoms with Crippen molar-refractivity contribution in [3.63, 3.8) is 0 Å². The highest BCUT2D eigenvalue weighted by atomic mass is 15.4. The van der Waals surface area contributed by atoms with Crippen molar-refractivity contribution >= 4 is 34.2 Å². The summed E-state index contributed by atoms with van der Waals surface area (Å²) in [5.74, 6) is 1.42. The Labute approximate surface area is 177 Å². The summed E-state index contributed by atoms with van der Waals surface area (Å²) in [6.45, 7) is 8.69. The lowest BCUT2D eigenvalue weighted by atomic mass is 9.80. The number of aromatic amines is 1. The van der Waals surface area contributed by atoms with Gasteiger partial charge in [0.25, 0.3) is 5.95 Å². The molecule has 0 aliphatic heterocycles. The van der Waals surface area contributed by atoms with Crippen LogP contribution >= 0.6 is 0 Å². The number of anilines is 1. The molecular weight excluding hydrogens is 372 g/mol. The van der Waals surface area contributed by atoms with E-state index in [4.69, 9.17) is 0 Å². The minimum absolute atomic E-state index is 0.406. The third-order valence-corrected chi connectivity index (χ3v) is 5.81. The number of nitrogens with one attached hydrogen (secondary N) is 2. The lowest BCUT2D eigenvalue weighted by Gasteiger charge is -2.25. The van der Waals surface area contributed by atoms with Crippen molar-refractivity contribution in [2.24, 2.45) is 16.9 Å². The molecule has 6 nitrogen and oxygen atoms in total. The second kappa shape index (κ2) is 8.78. The molecule has 0 fully saturated rings. The van der Waals surface area contributed by atoms with E-state index in [1.165, 1.54) is 17.6 Å². The summed E-state index contributed by atoms with van der Waals surface area (Å²) >= 11 is 0. The number of hydrogen-bond acceptors (Lipinski definition) is 5. The second-order valence-corrected chi connectivity index (χ2v) is 8.66. The first kappa shape index (κ1) is 20.3. The number of aryl methyl sites for hydroxylation is 1. The summed E-state index contributed by atoms with van der Waals surface area (Å²) in [5, 5.41) is 14.0. The van der Waals surface area contributed by atoms with Crippen LogP contribution in [0.1, 0.15) is 52.0 Å². The molecule has 3 aromatic rings. The summed E-state index contributed by atoms with van der Waals surface area (Å²) in [6, 6.07) is 6.22. The van der Waals surface area contributed by atoms with Gasteiger partial charge in [0.05, 0.1) is 0 Å². The Kier molecular flexibility index (Phi) is 5.93. The maximum atomic E-state index is 4.53. The van der Waals surface area contributed by atoms with E-state index in [1.54, 1.807) is 5.57 Å². The van der Waals surface area contributed by atoms with Crippen molar-refractivity contribution in [2.75, 3.05) is 5.43 Å². The van der Waals surface area contributed by atoms with E-state index in [1.807, 2.05) is 12.3 Å². The van der Waals surface area contributed by atoms with Gasteiger partial charge in [-0.05, 0) is 64.5 Å². The Balaban J connectivity index is 1.39. The van der Waals surface area contributed by atoms with Gasteiger partial charge in [-0.2, -0.15) is 10.1 Å². The van der Waals surface area contributed by atoms with Crippen molar-refractivity contribution in [1.82, 2.24) is 20.2 Å². The molecule has 1 aliphatic carbocycles. The summed E-state index contributed by atoms with van der Waals surface area (Å²) in [5.41, 5.74) is 9.64. The molecule has 1 aromatic carbocycles. The molecule has 0 amide bonds. The molecule has 0 saturated carbocycles. The summed E-state index contributed by atoms with van der Waals surface area (Å²) < 4.78 is 0. The maximum Gasteiger partial charge on any atom is 0.265 e. The largest absolute Gasteiger partial charge is 0.338 e. The molecule has 2 heterocycles. The van der Waals surface area contributed by atoms with Gasteiger partial charge in [0.2, 0.25) is 0 Å². The standard InChI is InChI=1S/C24H30N6/c1-15(2)6-5-7-18-9-10-19(17(4)13-18)14-25-29-24-27-23-22(28-30-24)20-12-16(3)8-11-21(20)26-23/h6,8-9,11-12,14,17,19H,5,7,10,13H2,1-4H3,(H2,26,27,29,30)/b25-14-/t17-,19+/m1/s1. The number of fused-ring (bicyclic) bond motifs is 3. The third-order valence-electron chi connectivity index (χ3n) is 5.81. The second-order valence-electron chi connectivity index (χ2n) is 8.66. The molecule has 156 valence electrons. The van der Waals surface area contributed by atoms with Crippen LogP contribution in [0.4, 0.5) is 5.95 Å². The Bertz CT molecular complexity index is 1130. The fourth-order valence-electron chi connectivity index (χ4n) is 4.06. The average molecular weight is 403 g/mol. The van der Waals surface area contributed by atoms with Crippen LogP contribution in [-0.2, 0) is 0 Å². The van der Waals surface area contributed by atoms with Gasteiger partial charge in [-0.25, -0.2) is 5.43 Å². The fraction of sp³-hybridized carbons (Fsp3) is 0.417. The van der Waals surface area contributed by atoms with Crippen LogP contribution in [0.2, 0.25) is 0 Å². The highest BCUT2D eigenvalue weighted by Crippen LogP contribution is 2.30. The SMILES string of the molecule is CC(C)=CCCC1=CC[C@@H](/C=N\Nc2nnc3c(n2)[nH]c2ccc(C)cc23)[C@H](C)C1. The van der Waals surface area contributed by atoms with Crippen molar-refractivity contribution in [3.05, 3.63) is 47.1 Å². The zero-order valence-corrected chi connectivity index (χ0v) is 18.2. The third kappa shape index (κ3) is 4.58. The molecule has 1 aliphatic rings.